The van der Waals surface area contributed by atoms with Crippen LogP contribution in [0.15, 0.2) is 265 Å². The van der Waals surface area contributed by atoms with Gasteiger partial charge in [-0.15, -0.1) is 0 Å². The number of para-hydroxylation sites is 1. The Labute approximate surface area is 390 Å². The fourth-order valence-corrected chi connectivity index (χ4v) is 10.9. The number of fused-ring (bicyclic) bond motifs is 7. The van der Waals surface area contributed by atoms with Crippen LogP contribution in [0.4, 0.5) is 17.1 Å². The van der Waals surface area contributed by atoms with Crippen molar-refractivity contribution in [3.8, 4) is 44.5 Å². The fourth-order valence-electron chi connectivity index (χ4n) is 10.9. The summed E-state index contributed by atoms with van der Waals surface area (Å²) in [5.74, 6) is 0. The largest absolute Gasteiger partial charge is 0.455 e. The molecule has 0 fully saturated rings. The fraction of sp³-hybridized carbons (Fsp3) is 0.0154. The molecule has 1 heterocycles. The van der Waals surface area contributed by atoms with E-state index in [0.717, 1.165) is 55.7 Å². The van der Waals surface area contributed by atoms with Crippen molar-refractivity contribution in [2.45, 2.75) is 5.41 Å². The molecule has 1 aliphatic rings. The smallest absolute Gasteiger partial charge is 0.145 e. The summed E-state index contributed by atoms with van der Waals surface area (Å²) >= 11 is 0. The quantitative estimate of drug-likeness (QED) is 0.151. The molecule has 2 nitrogen and oxygen atoms in total. The van der Waals surface area contributed by atoms with Crippen LogP contribution in [0.3, 0.4) is 0 Å². The van der Waals surface area contributed by atoms with E-state index in [0.29, 0.717) is 0 Å². The van der Waals surface area contributed by atoms with Gasteiger partial charge in [-0.2, -0.15) is 0 Å². The Hall–Kier alpha value is -8.72. The first-order valence-electron chi connectivity index (χ1n) is 23.1. The highest BCUT2D eigenvalue weighted by Gasteiger charge is 2.46. The standard InChI is InChI=1S/C65H43NO/c1-4-17-47(18-5-1)55-40-41-61(63-58-25-13-15-27-62(58)67-64(55)63)66(53-35-30-45(31-36-53)49-29-28-44-16-10-11-19-48(44)42-49)54-37-32-46(33-38-54)50-34-39-57-56-24-12-14-26-59(56)65(60(57)43-50,51-20-6-2-7-21-51)52-22-8-3-9-23-52/h1-43H. The lowest BCUT2D eigenvalue weighted by Gasteiger charge is -2.34. The maximum atomic E-state index is 6.80. The van der Waals surface area contributed by atoms with E-state index in [1.165, 1.54) is 60.8 Å². The molecule has 0 radical (unpaired) electrons. The zero-order chi connectivity index (χ0) is 44.3. The molecule has 0 saturated carbocycles. The van der Waals surface area contributed by atoms with Crippen molar-refractivity contribution in [2.75, 3.05) is 4.90 Å². The molecule has 13 rings (SSSR count). The molecule has 12 aromatic rings. The van der Waals surface area contributed by atoms with E-state index >= 15 is 0 Å². The van der Waals surface area contributed by atoms with Crippen molar-refractivity contribution in [1.29, 1.82) is 0 Å². The number of furan rings is 1. The van der Waals surface area contributed by atoms with Crippen molar-refractivity contribution in [1.82, 2.24) is 0 Å². The Balaban J connectivity index is 0.970. The molecule has 67 heavy (non-hydrogen) atoms. The molecule has 0 amide bonds. The van der Waals surface area contributed by atoms with Gasteiger partial charge in [0.2, 0.25) is 0 Å². The molecule has 0 bridgehead atoms. The van der Waals surface area contributed by atoms with Crippen LogP contribution >= 0.6 is 0 Å². The van der Waals surface area contributed by atoms with Crippen LogP contribution in [0.5, 0.6) is 0 Å². The Bertz CT molecular complexity index is 3740. The van der Waals surface area contributed by atoms with Crippen molar-refractivity contribution in [3.63, 3.8) is 0 Å². The lowest BCUT2D eigenvalue weighted by Crippen LogP contribution is -2.28. The van der Waals surface area contributed by atoms with E-state index < -0.39 is 5.41 Å². The summed E-state index contributed by atoms with van der Waals surface area (Å²) in [6, 6.07) is 94.9. The van der Waals surface area contributed by atoms with Crippen LogP contribution in [-0.2, 0) is 5.41 Å². The van der Waals surface area contributed by atoms with Crippen LogP contribution in [0.2, 0.25) is 0 Å². The van der Waals surface area contributed by atoms with Gasteiger partial charge in [-0.05, 0) is 127 Å². The van der Waals surface area contributed by atoms with Crippen molar-refractivity contribution < 1.29 is 4.42 Å². The number of nitrogens with zero attached hydrogens (tertiary/aromatic N) is 1. The summed E-state index contributed by atoms with van der Waals surface area (Å²) in [5, 5.41) is 4.64. The molecule has 2 heteroatoms. The van der Waals surface area contributed by atoms with Crippen LogP contribution in [-0.4, -0.2) is 0 Å². The van der Waals surface area contributed by atoms with Crippen LogP contribution < -0.4 is 4.90 Å². The highest BCUT2D eigenvalue weighted by molar-refractivity contribution is 6.17. The first-order valence-corrected chi connectivity index (χ1v) is 23.1. The van der Waals surface area contributed by atoms with E-state index in [-0.39, 0.29) is 0 Å². The second kappa shape index (κ2) is 15.8. The van der Waals surface area contributed by atoms with Gasteiger partial charge in [-0.3, -0.25) is 0 Å². The normalized spacial score (nSPS) is 12.6. The van der Waals surface area contributed by atoms with Gasteiger partial charge in [-0.1, -0.05) is 206 Å². The molecule has 314 valence electrons. The van der Waals surface area contributed by atoms with Crippen molar-refractivity contribution >= 4 is 49.8 Å². The molecular formula is C65H43NO. The number of rotatable bonds is 8. The summed E-state index contributed by atoms with van der Waals surface area (Å²) < 4.78 is 6.80. The van der Waals surface area contributed by atoms with Gasteiger partial charge in [-0.25, -0.2) is 0 Å². The molecule has 0 aliphatic heterocycles. The first-order chi connectivity index (χ1) is 33.2. The highest BCUT2D eigenvalue weighted by atomic mass is 16.3. The monoisotopic (exact) mass is 853 g/mol. The molecule has 0 atom stereocenters. The average Bonchev–Trinajstić information content (AvgIpc) is 3.94. The molecule has 0 saturated heterocycles. The van der Waals surface area contributed by atoms with Crippen LogP contribution in [0.25, 0.3) is 77.2 Å². The Kier molecular flexibility index (Phi) is 9.11. The van der Waals surface area contributed by atoms with Gasteiger partial charge >= 0.3 is 0 Å². The number of hydrogen-bond donors (Lipinski definition) is 0. The van der Waals surface area contributed by atoms with E-state index in [1.807, 2.05) is 0 Å². The summed E-state index contributed by atoms with van der Waals surface area (Å²) in [6.07, 6.45) is 0. The maximum Gasteiger partial charge on any atom is 0.145 e. The minimum Gasteiger partial charge on any atom is -0.455 e. The molecule has 0 N–H and O–H groups in total. The van der Waals surface area contributed by atoms with Gasteiger partial charge in [0, 0.05) is 22.3 Å². The summed E-state index contributed by atoms with van der Waals surface area (Å²) in [4.78, 5) is 2.39. The zero-order valence-corrected chi connectivity index (χ0v) is 36.7. The predicted molar refractivity (Wildman–Crippen MR) is 280 cm³/mol. The minimum absolute atomic E-state index is 0.467. The number of hydrogen-bond acceptors (Lipinski definition) is 2. The Morgan fingerprint density at radius 2 is 0.851 bits per heavy atom. The zero-order valence-electron chi connectivity index (χ0n) is 36.7. The van der Waals surface area contributed by atoms with Gasteiger partial charge in [0.15, 0.2) is 0 Å². The van der Waals surface area contributed by atoms with E-state index in [4.69, 9.17) is 4.42 Å². The molecule has 1 aromatic heterocycles. The van der Waals surface area contributed by atoms with Crippen LogP contribution in [0.1, 0.15) is 22.3 Å². The number of benzene rings is 11. The summed E-state index contributed by atoms with van der Waals surface area (Å²) in [7, 11) is 0. The first kappa shape index (κ1) is 38.7. The third kappa shape index (κ3) is 6.26. The van der Waals surface area contributed by atoms with Gasteiger partial charge in [0.05, 0.1) is 16.5 Å². The predicted octanol–water partition coefficient (Wildman–Crippen LogP) is 17.6. The topological polar surface area (TPSA) is 16.4 Å². The van der Waals surface area contributed by atoms with E-state index in [2.05, 4.69) is 266 Å². The molecule has 1 aliphatic carbocycles. The average molecular weight is 854 g/mol. The van der Waals surface area contributed by atoms with Crippen molar-refractivity contribution in [2.24, 2.45) is 0 Å². The Morgan fingerprint density at radius 3 is 1.55 bits per heavy atom. The molecule has 0 spiro atoms. The van der Waals surface area contributed by atoms with Gasteiger partial charge < -0.3 is 9.32 Å². The van der Waals surface area contributed by atoms with Crippen molar-refractivity contribution in [3.05, 3.63) is 283 Å². The minimum atomic E-state index is -0.467. The van der Waals surface area contributed by atoms with Crippen LogP contribution in [0, 0.1) is 0 Å². The second-order valence-electron chi connectivity index (χ2n) is 17.6. The highest BCUT2D eigenvalue weighted by Crippen LogP contribution is 2.57. The third-order valence-corrected chi connectivity index (χ3v) is 14.0. The molecule has 0 unspecified atom stereocenters. The number of anilines is 3. The molecular weight excluding hydrogens is 811 g/mol. The third-order valence-electron chi connectivity index (χ3n) is 14.0. The molecule has 11 aromatic carbocycles. The van der Waals surface area contributed by atoms with Gasteiger partial charge in [0.25, 0.3) is 0 Å². The SMILES string of the molecule is c1ccc(-c2ccc(N(c3ccc(-c4ccc5c(c4)C(c4ccccc4)(c4ccccc4)c4ccccc4-5)cc3)c3ccc(-c4ccc5ccccc5c4)cc3)c3c2oc2ccccc23)cc1. The second-order valence-corrected chi connectivity index (χ2v) is 17.6. The lowest BCUT2D eigenvalue weighted by atomic mass is 9.67. The lowest BCUT2D eigenvalue weighted by molar-refractivity contribution is 0.670. The van der Waals surface area contributed by atoms with Gasteiger partial charge in [0.1, 0.15) is 11.2 Å². The Morgan fingerprint density at radius 1 is 0.328 bits per heavy atom. The van der Waals surface area contributed by atoms with E-state index in [9.17, 15) is 0 Å². The summed E-state index contributed by atoms with van der Waals surface area (Å²) in [5.41, 5.74) is 19.0. The summed E-state index contributed by atoms with van der Waals surface area (Å²) in [6.45, 7) is 0. The van der Waals surface area contributed by atoms with E-state index in [1.54, 1.807) is 0 Å². The maximum absolute atomic E-state index is 6.80.